The molecule has 1 saturated heterocycles. The zero-order valence-corrected chi connectivity index (χ0v) is 14.5. The highest BCUT2D eigenvalue weighted by molar-refractivity contribution is 5.39. The van der Waals surface area contributed by atoms with Crippen molar-refractivity contribution in [2.75, 3.05) is 40.0 Å². The number of nitrogens with one attached hydrogen (secondary N) is 1. The van der Waals surface area contributed by atoms with Crippen LogP contribution in [-0.4, -0.2) is 46.1 Å². The van der Waals surface area contributed by atoms with Gasteiger partial charge in [-0.2, -0.15) is 0 Å². The van der Waals surface area contributed by atoms with Gasteiger partial charge in [-0.05, 0) is 17.7 Å². The van der Waals surface area contributed by atoms with Crippen molar-refractivity contribution in [3.63, 3.8) is 0 Å². The van der Waals surface area contributed by atoms with E-state index < -0.39 is 0 Å². The summed E-state index contributed by atoms with van der Waals surface area (Å²) in [5, 5.41) is 3.39. The molecule has 1 heterocycles. The SMILES string of the molecule is COc1ccccc1OCCNC[C@H]1OCCO[C@H]1c1ccccc1. The second-order valence-electron chi connectivity index (χ2n) is 5.81. The van der Waals surface area contributed by atoms with Gasteiger partial charge in [0, 0.05) is 13.1 Å². The van der Waals surface area contributed by atoms with Crippen molar-refractivity contribution in [1.82, 2.24) is 5.32 Å². The zero-order chi connectivity index (χ0) is 17.3. The second-order valence-corrected chi connectivity index (χ2v) is 5.81. The lowest BCUT2D eigenvalue weighted by molar-refractivity contribution is -0.140. The van der Waals surface area contributed by atoms with Crippen molar-refractivity contribution in [2.45, 2.75) is 12.2 Å². The quantitative estimate of drug-likeness (QED) is 0.747. The van der Waals surface area contributed by atoms with E-state index in [4.69, 9.17) is 18.9 Å². The largest absolute Gasteiger partial charge is 0.493 e. The summed E-state index contributed by atoms with van der Waals surface area (Å²) < 4.78 is 22.9. The van der Waals surface area contributed by atoms with E-state index in [0.29, 0.717) is 19.8 Å². The Bertz CT molecular complexity index is 635. The molecule has 134 valence electrons. The van der Waals surface area contributed by atoms with Crippen molar-refractivity contribution < 1.29 is 18.9 Å². The minimum absolute atomic E-state index is 0.00223. The Hall–Kier alpha value is -2.08. The van der Waals surface area contributed by atoms with E-state index in [0.717, 1.165) is 30.2 Å². The first-order valence-corrected chi connectivity index (χ1v) is 8.63. The number of hydrogen-bond acceptors (Lipinski definition) is 5. The first-order chi connectivity index (χ1) is 12.4. The fourth-order valence-electron chi connectivity index (χ4n) is 2.90. The van der Waals surface area contributed by atoms with Crippen molar-refractivity contribution in [2.24, 2.45) is 0 Å². The Morgan fingerprint density at radius 3 is 2.48 bits per heavy atom. The third kappa shape index (κ3) is 4.95. The van der Waals surface area contributed by atoms with Gasteiger partial charge in [0.2, 0.25) is 0 Å². The van der Waals surface area contributed by atoms with Crippen LogP contribution >= 0.6 is 0 Å². The molecule has 2 aromatic rings. The molecule has 0 aromatic heterocycles. The zero-order valence-electron chi connectivity index (χ0n) is 14.5. The van der Waals surface area contributed by atoms with Crippen LogP contribution in [0.4, 0.5) is 0 Å². The molecule has 1 aliphatic heterocycles. The van der Waals surface area contributed by atoms with Gasteiger partial charge in [0.05, 0.1) is 20.3 Å². The van der Waals surface area contributed by atoms with E-state index in [9.17, 15) is 0 Å². The minimum atomic E-state index is -0.0300. The summed E-state index contributed by atoms with van der Waals surface area (Å²) in [6.07, 6.45) is -0.0278. The number of hydrogen-bond donors (Lipinski definition) is 1. The van der Waals surface area contributed by atoms with Gasteiger partial charge < -0.3 is 24.3 Å². The molecule has 0 saturated carbocycles. The lowest BCUT2D eigenvalue weighted by Gasteiger charge is -2.32. The Kier molecular flexibility index (Phi) is 6.68. The molecule has 0 aliphatic carbocycles. The molecule has 0 unspecified atom stereocenters. The Balaban J connectivity index is 1.44. The van der Waals surface area contributed by atoms with Gasteiger partial charge in [-0.25, -0.2) is 0 Å². The molecule has 1 fully saturated rings. The van der Waals surface area contributed by atoms with Gasteiger partial charge >= 0.3 is 0 Å². The molecule has 1 N–H and O–H groups in total. The topological polar surface area (TPSA) is 49.0 Å². The summed E-state index contributed by atoms with van der Waals surface area (Å²) in [5.41, 5.74) is 1.15. The third-order valence-electron chi connectivity index (χ3n) is 4.13. The smallest absolute Gasteiger partial charge is 0.161 e. The van der Waals surface area contributed by atoms with Crippen molar-refractivity contribution in [1.29, 1.82) is 0 Å². The maximum Gasteiger partial charge on any atom is 0.161 e. The highest BCUT2D eigenvalue weighted by Crippen LogP contribution is 2.27. The molecule has 0 radical (unpaired) electrons. The first-order valence-electron chi connectivity index (χ1n) is 8.63. The first kappa shape index (κ1) is 17.7. The standard InChI is InChI=1S/C20H25NO4/c1-22-17-9-5-6-10-18(17)23-12-11-21-15-19-20(25-14-13-24-19)16-7-3-2-4-8-16/h2-10,19-21H,11-15H2,1H3/t19-,20+/m1/s1. The molecule has 2 atom stereocenters. The van der Waals surface area contributed by atoms with Crippen LogP contribution in [0.25, 0.3) is 0 Å². The van der Waals surface area contributed by atoms with Gasteiger partial charge in [0.25, 0.3) is 0 Å². The number of para-hydroxylation sites is 2. The van der Waals surface area contributed by atoms with Crippen LogP contribution in [0.5, 0.6) is 11.5 Å². The lowest BCUT2D eigenvalue weighted by atomic mass is 10.0. The van der Waals surface area contributed by atoms with Crippen LogP contribution in [-0.2, 0) is 9.47 Å². The molecule has 0 amide bonds. The summed E-state index contributed by atoms with van der Waals surface area (Å²) in [5.74, 6) is 1.50. The molecule has 25 heavy (non-hydrogen) atoms. The predicted octanol–water partition coefficient (Wildman–Crippen LogP) is 2.82. The molecule has 2 aromatic carbocycles. The number of benzene rings is 2. The van der Waals surface area contributed by atoms with E-state index >= 15 is 0 Å². The van der Waals surface area contributed by atoms with Crippen LogP contribution in [0.1, 0.15) is 11.7 Å². The molecule has 5 nitrogen and oxygen atoms in total. The molecular weight excluding hydrogens is 318 g/mol. The van der Waals surface area contributed by atoms with Gasteiger partial charge in [0.15, 0.2) is 11.5 Å². The van der Waals surface area contributed by atoms with Crippen LogP contribution in [0.3, 0.4) is 0 Å². The van der Waals surface area contributed by atoms with E-state index in [-0.39, 0.29) is 12.2 Å². The average Bonchev–Trinajstić information content (AvgIpc) is 2.69. The monoisotopic (exact) mass is 343 g/mol. The van der Waals surface area contributed by atoms with Crippen LogP contribution < -0.4 is 14.8 Å². The van der Waals surface area contributed by atoms with Crippen molar-refractivity contribution in [3.8, 4) is 11.5 Å². The van der Waals surface area contributed by atoms with Crippen LogP contribution in [0.15, 0.2) is 54.6 Å². The van der Waals surface area contributed by atoms with Crippen LogP contribution in [0.2, 0.25) is 0 Å². The summed E-state index contributed by atoms with van der Waals surface area (Å²) >= 11 is 0. The predicted molar refractivity (Wildman–Crippen MR) is 96.2 cm³/mol. The van der Waals surface area contributed by atoms with E-state index in [1.54, 1.807) is 7.11 Å². The lowest BCUT2D eigenvalue weighted by Crippen LogP contribution is -2.40. The van der Waals surface area contributed by atoms with Crippen molar-refractivity contribution >= 4 is 0 Å². The summed E-state index contributed by atoms with van der Waals surface area (Å²) in [7, 11) is 1.64. The fraction of sp³-hybridized carbons (Fsp3) is 0.400. The second kappa shape index (κ2) is 9.42. The van der Waals surface area contributed by atoms with E-state index in [2.05, 4.69) is 17.4 Å². The van der Waals surface area contributed by atoms with Gasteiger partial charge in [-0.1, -0.05) is 42.5 Å². The number of rotatable bonds is 8. The summed E-state index contributed by atoms with van der Waals surface area (Å²) in [6, 6.07) is 17.9. The van der Waals surface area contributed by atoms with Gasteiger partial charge in [-0.3, -0.25) is 0 Å². The summed E-state index contributed by atoms with van der Waals surface area (Å²) in [4.78, 5) is 0. The molecule has 0 bridgehead atoms. The van der Waals surface area contributed by atoms with Gasteiger partial charge in [-0.15, -0.1) is 0 Å². The van der Waals surface area contributed by atoms with E-state index in [1.165, 1.54) is 0 Å². The van der Waals surface area contributed by atoms with Gasteiger partial charge in [0.1, 0.15) is 18.8 Å². The third-order valence-corrected chi connectivity index (χ3v) is 4.13. The Labute approximate surface area is 148 Å². The van der Waals surface area contributed by atoms with E-state index in [1.807, 2.05) is 42.5 Å². The summed E-state index contributed by atoms with van der Waals surface area (Å²) in [6.45, 7) is 3.26. The Morgan fingerprint density at radius 2 is 1.68 bits per heavy atom. The normalized spacial score (nSPS) is 20.2. The minimum Gasteiger partial charge on any atom is -0.493 e. The molecule has 5 heteroatoms. The molecule has 0 spiro atoms. The Morgan fingerprint density at radius 1 is 0.960 bits per heavy atom. The fourth-order valence-corrected chi connectivity index (χ4v) is 2.90. The number of ether oxygens (including phenoxy) is 4. The average molecular weight is 343 g/mol. The van der Waals surface area contributed by atoms with Crippen LogP contribution in [0, 0.1) is 0 Å². The highest BCUT2D eigenvalue weighted by Gasteiger charge is 2.27. The maximum atomic E-state index is 5.92. The van der Waals surface area contributed by atoms with Crippen molar-refractivity contribution in [3.05, 3.63) is 60.2 Å². The molecule has 1 aliphatic rings. The maximum absolute atomic E-state index is 5.92. The number of methoxy groups -OCH3 is 1. The highest BCUT2D eigenvalue weighted by atomic mass is 16.6. The molecular formula is C20H25NO4. The molecule has 3 rings (SSSR count).